The van der Waals surface area contributed by atoms with Gasteiger partial charge in [-0.05, 0) is 25.5 Å². The van der Waals surface area contributed by atoms with Crippen molar-refractivity contribution in [2.75, 3.05) is 18.8 Å². The summed E-state index contributed by atoms with van der Waals surface area (Å²) in [4.78, 5) is 13.7. The van der Waals surface area contributed by atoms with Crippen LogP contribution < -0.4 is 0 Å². The molecule has 1 atom stereocenters. The maximum atomic E-state index is 11.1. The highest BCUT2D eigenvalue weighted by atomic mass is 32.2. The van der Waals surface area contributed by atoms with Gasteiger partial charge in [0.15, 0.2) is 5.78 Å². The van der Waals surface area contributed by atoms with E-state index in [-0.39, 0.29) is 5.78 Å². The van der Waals surface area contributed by atoms with Crippen LogP contribution in [0.25, 0.3) is 0 Å². The lowest BCUT2D eigenvalue weighted by molar-refractivity contribution is -0.114. The summed E-state index contributed by atoms with van der Waals surface area (Å²) >= 11 is 1.99. The van der Waals surface area contributed by atoms with Crippen LogP contribution in [0.1, 0.15) is 32.6 Å². The highest BCUT2D eigenvalue weighted by molar-refractivity contribution is 8.00. The number of rotatable bonds is 7. The summed E-state index contributed by atoms with van der Waals surface area (Å²) in [6, 6.07) is 0. The first-order valence-corrected chi connectivity index (χ1v) is 6.83. The molecular weight excluding hydrogens is 206 g/mol. The zero-order chi connectivity index (χ0) is 11.1. The Balaban J connectivity index is 2.26. The van der Waals surface area contributed by atoms with E-state index in [1.165, 1.54) is 37.8 Å². The Morgan fingerprint density at radius 2 is 2.47 bits per heavy atom. The number of thioether (sulfide) groups is 1. The molecule has 1 heterocycles. The zero-order valence-corrected chi connectivity index (χ0v) is 10.4. The highest BCUT2D eigenvalue weighted by Gasteiger charge is 2.24. The van der Waals surface area contributed by atoms with Gasteiger partial charge in [0.25, 0.3) is 0 Å². The standard InChI is InChI=1S/C12H21NOS/c1-3-5-8-13-9-10-15-12(13)7-6-11(14)4-2/h4,12H,2-3,5-10H2,1H3. The van der Waals surface area contributed by atoms with Gasteiger partial charge in [-0.1, -0.05) is 19.9 Å². The number of carbonyl (C=O) groups is 1. The molecule has 0 saturated carbocycles. The molecular formula is C12H21NOS. The number of hydrogen-bond donors (Lipinski definition) is 0. The van der Waals surface area contributed by atoms with Crippen LogP contribution in [0, 0.1) is 0 Å². The summed E-state index contributed by atoms with van der Waals surface area (Å²) in [5, 5.41) is 0.570. The minimum absolute atomic E-state index is 0.179. The fourth-order valence-electron chi connectivity index (χ4n) is 1.81. The van der Waals surface area contributed by atoms with Crippen molar-refractivity contribution in [1.82, 2.24) is 4.90 Å². The van der Waals surface area contributed by atoms with Crippen molar-refractivity contribution in [3.05, 3.63) is 12.7 Å². The normalized spacial score (nSPS) is 21.8. The molecule has 3 heteroatoms. The molecule has 0 aliphatic carbocycles. The molecule has 0 radical (unpaired) electrons. The minimum Gasteiger partial charge on any atom is -0.295 e. The Kier molecular flexibility index (Phi) is 6.03. The van der Waals surface area contributed by atoms with Crippen molar-refractivity contribution in [2.24, 2.45) is 0 Å². The van der Waals surface area contributed by atoms with E-state index in [0.717, 1.165) is 6.42 Å². The molecule has 0 aromatic heterocycles. The van der Waals surface area contributed by atoms with Crippen LogP contribution in [0.5, 0.6) is 0 Å². The van der Waals surface area contributed by atoms with Gasteiger partial charge >= 0.3 is 0 Å². The average Bonchev–Trinajstić information content (AvgIpc) is 2.70. The smallest absolute Gasteiger partial charge is 0.155 e. The summed E-state index contributed by atoms with van der Waals surface area (Å²) in [6.07, 6.45) is 5.60. The van der Waals surface area contributed by atoms with Crippen molar-refractivity contribution in [3.8, 4) is 0 Å². The molecule has 0 amide bonds. The van der Waals surface area contributed by atoms with Crippen molar-refractivity contribution < 1.29 is 4.79 Å². The van der Waals surface area contributed by atoms with E-state index in [1.54, 1.807) is 0 Å². The van der Waals surface area contributed by atoms with Crippen molar-refractivity contribution >= 4 is 17.5 Å². The molecule has 1 aliphatic heterocycles. The lowest BCUT2D eigenvalue weighted by Gasteiger charge is -2.22. The van der Waals surface area contributed by atoms with Gasteiger partial charge in [0.2, 0.25) is 0 Å². The third-order valence-corrected chi connectivity index (χ3v) is 4.10. The van der Waals surface area contributed by atoms with E-state index in [0.29, 0.717) is 11.8 Å². The van der Waals surface area contributed by atoms with E-state index in [9.17, 15) is 4.79 Å². The summed E-state index contributed by atoms with van der Waals surface area (Å²) in [5.74, 6) is 1.40. The van der Waals surface area contributed by atoms with E-state index in [1.807, 2.05) is 11.8 Å². The molecule has 1 fully saturated rings. The number of hydrogen-bond acceptors (Lipinski definition) is 3. The van der Waals surface area contributed by atoms with E-state index in [2.05, 4.69) is 18.4 Å². The molecule has 1 rings (SSSR count). The Morgan fingerprint density at radius 1 is 1.67 bits per heavy atom. The third-order valence-electron chi connectivity index (χ3n) is 2.76. The van der Waals surface area contributed by atoms with Crippen molar-refractivity contribution in [2.45, 2.75) is 38.0 Å². The molecule has 1 saturated heterocycles. The van der Waals surface area contributed by atoms with Crippen LogP contribution in [0.4, 0.5) is 0 Å². The second-order valence-corrected chi connectivity index (χ2v) is 5.21. The number of unbranched alkanes of at least 4 members (excludes halogenated alkanes) is 1. The van der Waals surface area contributed by atoms with Gasteiger partial charge in [-0.25, -0.2) is 0 Å². The van der Waals surface area contributed by atoms with E-state index < -0.39 is 0 Å². The van der Waals surface area contributed by atoms with E-state index in [4.69, 9.17) is 0 Å². The number of nitrogens with zero attached hydrogens (tertiary/aromatic N) is 1. The number of ketones is 1. The molecule has 0 bridgehead atoms. The molecule has 15 heavy (non-hydrogen) atoms. The van der Waals surface area contributed by atoms with Crippen LogP contribution in [0.2, 0.25) is 0 Å². The predicted molar refractivity (Wildman–Crippen MR) is 67.2 cm³/mol. The summed E-state index contributed by atoms with van der Waals surface area (Å²) in [5.41, 5.74) is 0. The summed E-state index contributed by atoms with van der Waals surface area (Å²) in [7, 11) is 0. The predicted octanol–water partition coefficient (Wildman–Crippen LogP) is 2.70. The Hall–Kier alpha value is -0.280. The first kappa shape index (κ1) is 12.8. The van der Waals surface area contributed by atoms with Gasteiger partial charge in [-0.2, -0.15) is 0 Å². The zero-order valence-electron chi connectivity index (χ0n) is 9.58. The van der Waals surface area contributed by atoms with Gasteiger partial charge < -0.3 is 0 Å². The minimum atomic E-state index is 0.179. The van der Waals surface area contributed by atoms with Gasteiger partial charge in [0, 0.05) is 18.7 Å². The molecule has 1 unspecified atom stereocenters. The van der Waals surface area contributed by atoms with Crippen LogP contribution in [-0.4, -0.2) is 34.9 Å². The lowest BCUT2D eigenvalue weighted by atomic mass is 10.2. The van der Waals surface area contributed by atoms with Crippen LogP contribution >= 0.6 is 11.8 Å². The van der Waals surface area contributed by atoms with Crippen molar-refractivity contribution in [3.63, 3.8) is 0 Å². The maximum Gasteiger partial charge on any atom is 0.155 e. The molecule has 1 aliphatic rings. The first-order chi connectivity index (χ1) is 7.27. The fraction of sp³-hybridized carbons (Fsp3) is 0.750. The third kappa shape index (κ3) is 4.39. The van der Waals surface area contributed by atoms with Gasteiger partial charge in [-0.15, -0.1) is 11.8 Å². The van der Waals surface area contributed by atoms with E-state index >= 15 is 0 Å². The van der Waals surface area contributed by atoms with Gasteiger partial charge in [0.05, 0.1) is 5.37 Å². The summed E-state index contributed by atoms with van der Waals surface area (Å²) < 4.78 is 0. The lowest BCUT2D eigenvalue weighted by Crippen LogP contribution is -2.29. The van der Waals surface area contributed by atoms with Crippen LogP contribution in [0.3, 0.4) is 0 Å². The second kappa shape index (κ2) is 7.07. The first-order valence-electron chi connectivity index (χ1n) is 5.78. The molecule has 0 aromatic rings. The Morgan fingerprint density at radius 3 is 3.13 bits per heavy atom. The monoisotopic (exact) mass is 227 g/mol. The van der Waals surface area contributed by atoms with Gasteiger partial charge in [0.1, 0.15) is 0 Å². The molecule has 0 N–H and O–H groups in total. The van der Waals surface area contributed by atoms with Gasteiger partial charge in [-0.3, -0.25) is 9.69 Å². The maximum absolute atomic E-state index is 11.1. The quantitative estimate of drug-likeness (QED) is 0.624. The molecule has 86 valence electrons. The number of allylic oxidation sites excluding steroid dienone is 1. The average molecular weight is 227 g/mol. The molecule has 0 spiro atoms. The number of carbonyl (C=O) groups excluding carboxylic acids is 1. The summed E-state index contributed by atoms with van der Waals surface area (Å²) in [6.45, 7) is 8.11. The van der Waals surface area contributed by atoms with Crippen LogP contribution in [-0.2, 0) is 4.79 Å². The Labute approximate surface area is 97.1 Å². The largest absolute Gasteiger partial charge is 0.295 e. The topological polar surface area (TPSA) is 20.3 Å². The molecule has 2 nitrogen and oxygen atoms in total. The fourth-order valence-corrected chi connectivity index (χ4v) is 3.12. The Bertz CT molecular complexity index is 218. The molecule has 0 aromatic carbocycles. The SMILES string of the molecule is C=CC(=O)CCC1SCCN1CCCC. The second-order valence-electron chi connectivity index (χ2n) is 3.92. The van der Waals surface area contributed by atoms with Crippen molar-refractivity contribution in [1.29, 1.82) is 0 Å². The highest BCUT2D eigenvalue weighted by Crippen LogP contribution is 2.27. The van der Waals surface area contributed by atoms with Crippen LogP contribution in [0.15, 0.2) is 12.7 Å².